The van der Waals surface area contributed by atoms with Gasteiger partial charge in [-0.25, -0.2) is 9.48 Å². The Balaban J connectivity index is 2.15. The summed E-state index contributed by atoms with van der Waals surface area (Å²) < 4.78 is 6.49. The molecule has 0 aliphatic carbocycles. The van der Waals surface area contributed by atoms with E-state index in [0.717, 1.165) is 5.56 Å². The SMILES string of the molecule is Cc1nn(Cc2ccc(Cl)cc2)c(Cl)c1/C=C/C(=O)O[C@@H](C)C#N. The Morgan fingerprint density at radius 2 is 2.08 bits per heavy atom. The topological polar surface area (TPSA) is 67.9 Å². The molecule has 1 aromatic carbocycles. The molecule has 1 aromatic heterocycles. The first-order chi connectivity index (χ1) is 11.4. The number of ether oxygens (including phenoxy) is 1. The third kappa shape index (κ3) is 4.60. The summed E-state index contributed by atoms with van der Waals surface area (Å²) >= 11 is 12.2. The lowest BCUT2D eigenvalue weighted by Crippen LogP contribution is -2.10. The Bertz CT molecular complexity index is 804. The quantitative estimate of drug-likeness (QED) is 0.594. The van der Waals surface area contributed by atoms with Crippen LogP contribution in [0.1, 0.15) is 23.7 Å². The lowest BCUT2D eigenvalue weighted by molar-refractivity contribution is -0.139. The number of esters is 1. The van der Waals surface area contributed by atoms with E-state index in [0.29, 0.717) is 28.0 Å². The van der Waals surface area contributed by atoms with Crippen molar-refractivity contribution >= 4 is 35.2 Å². The summed E-state index contributed by atoms with van der Waals surface area (Å²) in [6, 6.07) is 9.21. The van der Waals surface area contributed by atoms with E-state index in [1.807, 2.05) is 18.2 Å². The fourth-order valence-corrected chi connectivity index (χ4v) is 2.44. The van der Waals surface area contributed by atoms with Gasteiger partial charge in [0.25, 0.3) is 0 Å². The van der Waals surface area contributed by atoms with Gasteiger partial charge >= 0.3 is 5.97 Å². The number of nitriles is 1. The Labute approximate surface area is 150 Å². The zero-order valence-corrected chi connectivity index (χ0v) is 14.7. The van der Waals surface area contributed by atoms with Crippen LogP contribution in [0.5, 0.6) is 0 Å². The van der Waals surface area contributed by atoms with Crippen LogP contribution < -0.4 is 0 Å². The van der Waals surface area contributed by atoms with Crippen molar-refractivity contribution in [2.45, 2.75) is 26.5 Å². The Morgan fingerprint density at radius 3 is 2.71 bits per heavy atom. The van der Waals surface area contributed by atoms with Crippen LogP contribution in [0.3, 0.4) is 0 Å². The van der Waals surface area contributed by atoms with Crippen molar-refractivity contribution in [2.24, 2.45) is 0 Å². The van der Waals surface area contributed by atoms with E-state index in [1.54, 1.807) is 23.7 Å². The summed E-state index contributed by atoms with van der Waals surface area (Å²) in [5.74, 6) is -0.607. The number of halogens is 2. The van der Waals surface area contributed by atoms with Gasteiger partial charge in [-0.05, 0) is 37.6 Å². The highest BCUT2D eigenvalue weighted by molar-refractivity contribution is 6.31. The summed E-state index contributed by atoms with van der Waals surface area (Å²) in [5.41, 5.74) is 2.32. The van der Waals surface area contributed by atoms with E-state index in [-0.39, 0.29) is 0 Å². The van der Waals surface area contributed by atoms with Crippen LogP contribution in [0.25, 0.3) is 6.08 Å². The number of rotatable bonds is 5. The highest BCUT2D eigenvalue weighted by Crippen LogP contribution is 2.22. The maximum Gasteiger partial charge on any atom is 0.332 e. The molecule has 0 aliphatic rings. The smallest absolute Gasteiger partial charge is 0.332 e. The highest BCUT2D eigenvalue weighted by Gasteiger charge is 2.12. The van der Waals surface area contributed by atoms with E-state index in [9.17, 15) is 4.79 Å². The second-order valence-electron chi connectivity index (χ2n) is 5.12. The van der Waals surface area contributed by atoms with Crippen molar-refractivity contribution in [3.8, 4) is 6.07 Å². The molecule has 0 radical (unpaired) electrons. The van der Waals surface area contributed by atoms with Crippen molar-refractivity contribution in [1.82, 2.24) is 9.78 Å². The minimum atomic E-state index is -0.800. The van der Waals surface area contributed by atoms with Gasteiger partial charge in [0.05, 0.1) is 12.2 Å². The van der Waals surface area contributed by atoms with Gasteiger partial charge in [-0.3, -0.25) is 0 Å². The molecule has 0 amide bonds. The normalized spacial score (nSPS) is 12.1. The van der Waals surface area contributed by atoms with Gasteiger partial charge < -0.3 is 4.74 Å². The predicted octanol–water partition coefficient (Wildman–Crippen LogP) is 4.02. The van der Waals surface area contributed by atoms with Gasteiger partial charge in [0.1, 0.15) is 11.2 Å². The number of nitrogens with zero attached hydrogens (tertiary/aromatic N) is 3. The van der Waals surface area contributed by atoms with Crippen LogP contribution in [0, 0.1) is 18.3 Å². The lowest BCUT2D eigenvalue weighted by Gasteiger charge is -2.04. The molecule has 0 saturated carbocycles. The van der Waals surface area contributed by atoms with Crippen molar-refractivity contribution in [1.29, 1.82) is 5.26 Å². The first-order valence-corrected chi connectivity index (χ1v) is 7.92. The van der Waals surface area contributed by atoms with Gasteiger partial charge in [-0.2, -0.15) is 10.4 Å². The first-order valence-electron chi connectivity index (χ1n) is 7.16. The fraction of sp³-hybridized carbons (Fsp3) is 0.235. The average molecular weight is 364 g/mol. The molecular formula is C17H15Cl2N3O2. The summed E-state index contributed by atoms with van der Waals surface area (Å²) in [7, 11) is 0. The first kappa shape index (κ1) is 18.1. The third-order valence-electron chi connectivity index (χ3n) is 3.22. The fourth-order valence-electron chi connectivity index (χ4n) is 2.02. The van der Waals surface area contributed by atoms with E-state index in [2.05, 4.69) is 5.10 Å². The molecule has 2 rings (SSSR count). The number of aromatic nitrogens is 2. The number of hydrogen-bond donors (Lipinski definition) is 0. The van der Waals surface area contributed by atoms with Crippen LogP contribution in [-0.2, 0) is 16.1 Å². The van der Waals surface area contributed by atoms with Crippen LogP contribution in [-0.4, -0.2) is 21.9 Å². The van der Waals surface area contributed by atoms with E-state index >= 15 is 0 Å². The Morgan fingerprint density at radius 1 is 1.42 bits per heavy atom. The molecule has 1 heterocycles. The summed E-state index contributed by atoms with van der Waals surface area (Å²) in [6.45, 7) is 3.78. The highest BCUT2D eigenvalue weighted by atomic mass is 35.5. The third-order valence-corrected chi connectivity index (χ3v) is 3.87. The molecule has 0 bridgehead atoms. The molecule has 7 heteroatoms. The van der Waals surface area contributed by atoms with E-state index < -0.39 is 12.1 Å². The molecule has 2 aromatic rings. The molecule has 1 atom stereocenters. The van der Waals surface area contributed by atoms with Crippen LogP contribution >= 0.6 is 23.2 Å². The van der Waals surface area contributed by atoms with Crippen LogP contribution in [0.2, 0.25) is 10.2 Å². The van der Waals surface area contributed by atoms with Crippen molar-refractivity contribution < 1.29 is 9.53 Å². The summed E-state index contributed by atoms with van der Waals surface area (Å²) in [6.07, 6.45) is 1.97. The standard InChI is InChI=1S/C17H15Cl2N3O2/c1-11(9-20)24-16(23)8-7-15-12(2)21-22(17(15)19)10-13-3-5-14(18)6-4-13/h3-8,11H,10H2,1-2H3/b8-7+/t11-/m0/s1. The second kappa shape index (κ2) is 8.00. The summed E-state index contributed by atoms with van der Waals surface area (Å²) in [5, 5.41) is 14.1. The van der Waals surface area contributed by atoms with Crippen molar-refractivity contribution in [3.05, 3.63) is 57.3 Å². The van der Waals surface area contributed by atoms with Gasteiger partial charge in [-0.1, -0.05) is 35.3 Å². The number of hydrogen-bond acceptors (Lipinski definition) is 4. The monoisotopic (exact) mass is 363 g/mol. The molecule has 0 aliphatic heterocycles. The van der Waals surface area contributed by atoms with Crippen molar-refractivity contribution in [2.75, 3.05) is 0 Å². The maximum absolute atomic E-state index is 11.6. The van der Waals surface area contributed by atoms with Crippen LogP contribution in [0.15, 0.2) is 30.3 Å². The molecule has 24 heavy (non-hydrogen) atoms. The van der Waals surface area contributed by atoms with E-state index in [4.69, 9.17) is 33.2 Å². The Kier molecular flexibility index (Phi) is 6.02. The number of benzene rings is 1. The maximum atomic E-state index is 11.6. The molecule has 0 spiro atoms. The van der Waals surface area contributed by atoms with E-state index in [1.165, 1.54) is 19.1 Å². The number of carbonyl (C=O) groups excluding carboxylic acids is 1. The molecule has 124 valence electrons. The molecular weight excluding hydrogens is 349 g/mol. The van der Waals surface area contributed by atoms with Crippen molar-refractivity contribution in [3.63, 3.8) is 0 Å². The largest absolute Gasteiger partial charge is 0.444 e. The molecule has 0 N–H and O–H groups in total. The second-order valence-corrected chi connectivity index (χ2v) is 5.91. The molecule has 5 nitrogen and oxygen atoms in total. The number of aryl methyl sites for hydroxylation is 1. The predicted molar refractivity (Wildman–Crippen MR) is 92.7 cm³/mol. The van der Waals surface area contributed by atoms with Gasteiger partial charge in [0.2, 0.25) is 0 Å². The zero-order chi connectivity index (χ0) is 17.7. The Hall–Kier alpha value is -2.29. The van der Waals surface area contributed by atoms with Gasteiger partial charge in [-0.15, -0.1) is 0 Å². The lowest BCUT2D eigenvalue weighted by atomic mass is 10.2. The minimum Gasteiger partial charge on any atom is -0.444 e. The van der Waals surface area contributed by atoms with Crippen LogP contribution in [0.4, 0.5) is 0 Å². The summed E-state index contributed by atoms with van der Waals surface area (Å²) in [4.78, 5) is 11.6. The zero-order valence-electron chi connectivity index (χ0n) is 13.2. The minimum absolute atomic E-state index is 0.417. The van der Waals surface area contributed by atoms with Gasteiger partial charge in [0.15, 0.2) is 6.10 Å². The molecule has 0 saturated heterocycles. The molecule has 0 unspecified atom stereocenters. The van der Waals surface area contributed by atoms with Gasteiger partial charge in [0, 0.05) is 16.7 Å². The average Bonchev–Trinajstić information content (AvgIpc) is 2.81. The molecule has 0 fully saturated rings. The number of carbonyl (C=O) groups is 1.